The summed E-state index contributed by atoms with van der Waals surface area (Å²) in [4.78, 5) is 38.2. The average molecular weight is 1020 g/mol. The van der Waals surface area contributed by atoms with Crippen molar-refractivity contribution in [3.63, 3.8) is 0 Å². The second-order valence-electron chi connectivity index (χ2n) is 21.0. The van der Waals surface area contributed by atoms with Gasteiger partial charge < -0.3 is 14.2 Å². The van der Waals surface area contributed by atoms with E-state index in [1.165, 1.54) is 199 Å². The second-order valence-corrected chi connectivity index (χ2v) is 21.0. The van der Waals surface area contributed by atoms with Crippen LogP contribution < -0.4 is 0 Å². The van der Waals surface area contributed by atoms with Crippen LogP contribution in [-0.2, 0) is 28.6 Å². The molecule has 6 nitrogen and oxygen atoms in total. The highest BCUT2D eigenvalue weighted by Crippen LogP contribution is 2.17. The third-order valence-corrected chi connectivity index (χ3v) is 13.7. The molecule has 0 amide bonds. The van der Waals surface area contributed by atoms with Gasteiger partial charge in [-0.3, -0.25) is 14.4 Å². The monoisotopic (exact) mass is 1020 g/mol. The molecule has 6 heteroatoms. The van der Waals surface area contributed by atoms with E-state index in [-0.39, 0.29) is 37.5 Å². The van der Waals surface area contributed by atoms with E-state index in [1.807, 2.05) is 6.08 Å². The number of esters is 3. The van der Waals surface area contributed by atoms with Crippen molar-refractivity contribution in [3.05, 3.63) is 72.9 Å². The zero-order valence-corrected chi connectivity index (χ0v) is 48.4. The molecule has 0 saturated carbocycles. The fourth-order valence-corrected chi connectivity index (χ4v) is 8.95. The fourth-order valence-electron chi connectivity index (χ4n) is 8.95. The van der Waals surface area contributed by atoms with E-state index in [9.17, 15) is 14.4 Å². The van der Waals surface area contributed by atoms with Crippen molar-refractivity contribution in [2.75, 3.05) is 13.2 Å². The van der Waals surface area contributed by atoms with Gasteiger partial charge in [0.05, 0.1) is 0 Å². The predicted molar refractivity (Wildman–Crippen MR) is 316 cm³/mol. The molecule has 1 atom stereocenters. The largest absolute Gasteiger partial charge is 0.462 e. The highest BCUT2D eigenvalue weighted by Gasteiger charge is 2.19. The molecule has 0 bridgehead atoms. The van der Waals surface area contributed by atoms with Crippen LogP contribution in [0.15, 0.2) is 72.9 Å². The van der Waals surface area contributed by atoms with Crippen LogP contribution >= 0.6 is 0 Å². The van der Waals surface area contributed by atoms with Gasteiger partial charge in [0.15, 0.2) is 6.10 Å². The zero-order chi connectivity index (χ0) is 52.9. The molecule has 0 aromatic rings. The number of rotatable bonds is 57. The first-order chi connectivity index (χ1) is 36.0. The smallest absolute Gasteiger partial charge is 0.306 e. The van der Waals surface area contributed by atoms with E-state index in [0.29, 0.717) is 19.3 Å². The summed E-state index contributed by atoms with van der Waals surface area (Å²) in [5.74, 6) is -0.979. The summed E-state index contributed by atoms with van der Waals surface area (Å²) < 4.78 is 16.8. The third kappa shape index (κ3) is 59.6. The fraction of sp³-hybridized carbons (Fsp3) is 0.776. The van der Waals surface area contributed by atoms with E-state index < -0.39 is 6.10 Å². The molecule has 0 unspecified atom stereocenters. The van der Waals surface area contributed by atoms with Gasteiger partial charge in [-0.05, 0) is 83.5 Å². The van der Waals surface area contributed by atoms with Gasteiger partial charge in [-0.1, -0.05) is 286 Å². The van der Waals surface area contributed by atoms with Gasteiger partial charge in [0, 0.05) is 19.3 Å². The molecular weight excluding hydrogens is 901 g/mol. The van der Waals surface area contributed by atoms with Crippen molar-refractivity contribution < 1.29 is 28.6 Å². The third-order valence-electron chi connectivity index (χ3n) is 13.7. The Kier molecular flexibility index (Phi) is 58.7. The minimum Gasteiger partial charge on any atom is -0.462 e. The number of hydrogen-bond acceptors (Lipinski definition) is 6. The van der Waals surface area contributed by atoms with Crippen molar-refractivity contribution in [2.45, 2.75) is 322 Å². The van der Waals surface area contributed by atoms with Crippen LogP contribution in [0, 0.1) is 0 Å². The maximum Gasteiger partial charge on any atom is 0.306 e. The number of hydrogen-bond donors (Lipinski definition) is 0. The number of unbranched alkanes of at least 4 members (excludes halogenated alkanes) is 34. The molecule has 0 heterocycles. The molecule has 0 aromatic carbocycles. The molecule has 0 aliphatic heterocycles. The lowest BCUT2D eigenvalue weighted by Gasteiger charge is -2.18. The van der Waals surface area contributed by atoms with Crippen molar-refractivity contribution in [1.82, 2.24) is 0 Å². The summed E-state index contributed by atoms with van der Waals surface area (Å²) >= 11 is 0. The summed E-state index contributed by atoms with van der Waals surface area (Å²) in [7, 11) is 0. The maximum absolute atomic E-state index is 12.9. The summed E-state index contributed by atoms with van der Waals surface area (Å²) in [6, 6.07) is 0. The Bertz CT molecular complexity index is 1360. The van der Waals surface area contributed by atoms with Crippen LogP contribution in [0.25, 0.3) is 0 Å². The molecule has 422 valence electrons. The van der Waals surface area contributed by atoms with Crippen LogP contribution in [0.4, 0.5) is 0 Å². The molecule has 0 fully saturated rings. The minimum absolute atomic E-state index is 0.1000. The van der Waals surface area contributed by atoms with Crippen LogP contribution in [0.3, 0.4) is 0 Å². The standard InChI is InChI=1S/C67H118O6/c1-4-7-10-13-16-19-22-25-28-30-32-33-35-37-40-43-46-49-52-55-58-61-67(70)73-64(62-71-65(68)59-56-53-50-47-44-41-38-27-24-21-18-15-12-9-6-3)63-72-66(69)60-57-54-51-48-45-42-39-36-34-31-29-26-23-20-17-14-11-8-5-2/h17,20,26-27,29,34,36,38,42,45,51,54,64H,4-16,18-19,21-25,28,30-33,35,37,39-41,43-44,46-50,52-53,55-63H2,1-3H3/b20-17-,29-26-,36-34-,38-27-,45-42-,54-51-/t64-/m0/s1. The topological polar surface area (TPSA) is 78.9 Å². The quantitative estimate of drug-likeness (QED) is 0.0261. The number of carbonyl (C=O) groups is 3. The summed E-state index contributed by atoms with van der Waals surface area (Å²) in [5.41, 5.74) is 0. The van der Waals surface area contributed by atoms with Gasteiger partial charge in [-0.15, -0.1) is 0 Å². The predicted octanol–water partition coefficient (Wildman–Crippen LogP) is 21.3. The Morgan fingerprint density at radius 2 is 0.521 bits per heavy atom. The molecule has 0 aliphatic carbocycles. The molecule has 0 aliphatic rings. The second kappa shape index (κ2) is 61.4. The van der Waals surface area contributed by atoms with E-state index >= 15 is 0 Å². The molecular formula is C67H118O6. The summed E-state index contributed by atoms with van der Waals surface area (Å²) in [5, 5.41) is 0. The van der Waals surface area contributed by atoms with Crippen molar-refractivity contribution in [1.29, 1.82) is 0 Å². The highest BCUT2D eigenvalue weighted by molar-refractivity contribution is 5.71. The van der Waals surface area contributed by atoms with Gasteiger partial charge in [0.1, 0.15) is 13.2 Å². The van der Waals surface area contributed by atoms with Gasteiger partial charge >= 0.3 is 17.9 Å². The Labute approximate surface area is 453 Å². The van der Waals surface area contributed by atoms with Crippen molar-refractivity contribution in [2.24, 2.45) is 0 Å². The SMILES string of the molecule is CCCCC/C=C\C/C=C\C/C=C\C/C=C\C/C=C\CCC(=O)OC[C@H](COC(=O)CCCCCCC/C=C\CCCCCCCC)OC(=O)CCCCCCCCCCCCCCCCCCCCCCC. The van der Waals surface area contributed by atoms with Crippen molar-refractivity contribution >= 4 is 17.9 Å². The lowest BCUT2D eigenvalue weighted by atomic mass is 10.0. The molecule has 0 aromatic heterocycles. The van der Waals surface area contributed by atoms with E-state index in [1.54, 1.807) is 0 Å². The van der Waals surface area contributed by atoms with Gasteiger partial charge in [-0.25, -0.2) is 0 Å². The lowest BCUT2D eigenvalue weighted by Crippen LogP contribution is -2.30. The van der Waals surface area contributed by atoms with Gasteiger partial charge in [0.25, 0.3) is 0 Å². The lowest BCUT2D eigenvalue weighted by molar-refractivity contribution is -0.166. The van der Waals surface area contributed by atoms with Crippen LogP contribution in [0.5, 0.6) is 0 Å². The molecule has 0 rings (SSSR count). The molecule has 0 saturated heterocycles. The van der Waals surface area contributed by atoms with E-state index in [2.05, 4.69) is 87.6 Å². The van der Waals surface area contributed by atoms with Crippen LogP contribution in [0.2, 0.25) is 0 Å². The number of carbonyl (C=O) groups excluding carboxylic acids is 3. The first kappa shape index (κ1) is 69.8. The van der Waals surface area contributed by atoms with E-state index in [0.717, 1.165) is 70.6 Å². The Morgan fingerprint density at radius 3 is 0.890 bits per heavy atom. The Balaban J connectivity index is 4.44. The maximum atomic E-state index is 12.9. The van der Waals surface area contributed by atoms with Crippen LogP contribution in [0.1, 0.15) is 316 Å². The molecule has 0 radical (unpaired) electrons. The normalized spacial score (nSPS) is 12.5. The summed E-state index contributed by atoms with van der Waals surface area (Å²) in [6.45, 7) is 6.58. The van der Waals surface area contributed by atoms with Crippen molar-refractivity contribution in [3.8, 4) is 0 Å². The first-order valence-electron chi connectivity index (χ1n) is 31.4. The minimum atomic E-state index is -0.808. The Morgan fingerprint density at radius 1 is 0.274 bits per heavy atom. The highest BCUT2D eigenvalue weighted by atomic mass is 16.6. The van der Waals surface area contributed by atoms with E-state index in [4.69, 9.17) is 14.2 Å². The molecule has 0 N–H and O–H groups in total. The van der Waals surface area contributed by atoms with Gasteiger partial charge in [-0.2, -0.15) is 0 Å². The molecule has 0 spiro atoms. The number of ether oxygens (including phenoxy) is 3. The first-order valence-corrected chi connectivity index (χ1v) is 31.4. The number of allylic oxidation sites excluding steroid dienone is 12. The molecule has 73 heavy (non-hydrogen) atoms. The van der Waals surface area contributed by atoms with Crippen LogP contribution in [-0.4, -0.2) is 37.2 Å². The zero-order valence-electron chi connectivity index (χ0n) is 48.4. The average Bonchev–Trinajstić information content (AvgIpc) is 3.39. The summed E-state index contributed by atoms with van der Waals surface area (Å²) in [6.07, 6.45) is 79.2. The Hall–Kier alpha value is -3.15. The van der Waals surface area contributed by atoms with Gasteiger partial charge in [0.2, 0.25) is 0 Å².